The summed E-state index contributed by atoms with van der Waals surface area (Å²) in [5, 5.41) is 2.31. The summed E-state index contributed by atoms with van der Waals surface area (Å²) in [5.74, 6) is 3.23. The minimum Gasteiger partial charge on any atom is -0.493 e. The number of hydrazine groups is 1. The number of fused-ring (bicyclic) bond motifs is 5. The molecule has 0 saturated carbocycles. The van der Waals surface area contributed by atoms with E-state index in [1.165, 1.54) is 0 Å². The quantitative estimate of drug-likeness (QED) is 0.814. The Balaban J connectivity index is 1.41. The molecule has 162 valence electrons. The molecule has 7 heteroatoms. The minimum absolute atomic E-state index is 0.0625. The number of hydrogen-bond donors (Lipinski definition) is 1. The third kappa shape index (κ3) is 2.87. The number of benzene rings is 2. The first-order chi connectivity index (χ1) is 15.2. The van der Waals surface area contributed by atoms with Gasteiger partial charge in [-0.05, 0) is 36.9 Å². The molecule has 0 amide bonds. The first kappa shape index (κ1) is 18.8. The summed E-state index contributed by atoms with van der Waals surface area (Å²) in [5.41, 5.74) is 6.51. The SMILES string of the molecule is CCN1CCC2(CC1)Oc1c(OC)cccc1[C@@H]1C=C(c3ccc4c(c3)OCO4)NN12. The van der Waals surface area contributed by atoms with Crippen LogP contribution in [0.25, 0.3) is 5.70 Å². The Morgan fingerprint density at radius 2 is 1.97 bits per heavy atom. The summed E-state index contributed by atoms with van der Waals surface area (Å²) in [6, 6.07) is 12.3. The van der Waals surface area contributed by atoms with Gasteiger partial charge in [0.15, 0.2) is 28.7 Å². The molecule has 1 fully saturated rings. The van der Waals surface area contributed by atoms with Crippen molar-refractivity contribution in [3.63, 3.8) is 0 Å². The van der Waals surface area contributed by atoms with Crippen LogP contribution in [0.1, 0.15) is 36.9 Å². The fourth-order valence-electron chi connectivity index (χ4n) is 5.11. The van der Waals surface area contributed by atoms with E-state index >= 15 is 0 Å². The van der Waals surface area contributed by atoms with Crippen molar-refractivity contribution in [2.24, 2.45) is 0 Å². The molecule has 1 N–H and O–H groups in total. The number of methoxy groups -OCH3 is 1. The number of nitrogens with zero attached hydrogens (tertiary/aromatic N) is 2. The molecule has 0 unspecified atom stereocenters. The maximum Gasteiger partial charge on any atom is 0.231 e. The zero-order valence-corrected chi connectivity index (χ0v) is 17.9. The zero-order chi connectivity index (χ0) is 21.0. The van der Waals surface area contributed by atoms with Gasteiger partial charge in [-0.1, -0.05) is 19.1 Å². The van der Waals surface area contributed by atoms with Crippen LogP contribution in [0, 0.1) is 0 Å². The summed E-state index contributed by atoms with van der Waals surface area (Å²) >= 11 is 0. The molecule has 0 bridgehead atoms. The Hall–Kier alpha value is -2.90. The molecule has 0 aliphatic carbocycles. The first-order valence-corrected chi connectivity index (χ1v) is 11.0. The number of para-hydroxylation sites is 1. The minimum atomic E-state index is -0.424. The maximum absolute atomic E-state index is 6.78. The monoisotopic (exact) mass is 421 g/mol. The Bertz CT molecular complexity index is 1050. The van der Waals surface area contributed by atoms with Gasteiger partial charge in [0, 0.05) is 37.1 Å². The van der Waals surface area contributed by atoms with Crippen LogP contribution in [-0.2, 0) is 0 Å². The van der Waals surface area contributed by atoms with Crippen LogP contribution in [0.5, 0.6) is 23.0 Å². The van der Waals surface area contributed by atoms with Gasteiger partial charge in [-0.25, -0.2) is 0 Å². The maximum atomic E-state index is 6.78. The van der Waals surface area contributed by atoms with Crippen LogP contribution in [-0.4, -0.2) is 49.2 Å². The Morgan fingerprint density at radius 3 is 2.77 bits per heavy atom. The molecule has 1 saturated heterocycles. The van der Waals surface area contributed by atoms with Crippen molar-refractivity contribution in [2.75, 3.05) is 33.5 Å². The lowest BCUT2D eigenvalue weighted by molar-refractivity contribution is -0.160. The fourth-order valence-corrected chi connectivity index (χ4v) is 5.11. The third-order valence-electron chi connectivity index (χ3n) is 6.89. The zero-order valence-electron chi connectivity index (χ0n) is 17.9. The molecule has 4 aliphatic heterocycles. The molecule has 1 atom stereocenters. The van der Waals surface area contributed by atoms with E-state index in [0.29, 0.717) is 0 Å². The van der Waals surface area contributed by atoms with E-state index < -0.39 is 5.72 Å². The molecule has 1 spiro atoms. The van der Waals surface area contributed by atoms with E-state index in [4.69, 9.17) is 18.9 Å². The van der Waals surface area contributed by atoms with Gasteiger partial charge < -0.3 is 29.3 Å². The Labute approximate surface area is 182 Å². The van der Waals surface area contributed by atoms with E-state index in [-0.39, 0.29) is 12.8 Å². The van der Waals surface area contributed by atoms with E-state index in [0.717, 1.165) is 72.3 Å². The lowest BCUT2D eigenvalue weighted by Gasteiger charge is -2.51. The normalized spacial score (nSPS) is 23.5. The molecule has 31 heavy (non-hydrogen) atoms. The number of nitrogens with one attached hydrogen (secondary N) is 1. The second-order valence-electron chi connectivity index (χ2n) is 8.44. The van der Waals surface area contributed by atoms with Gasteiger partial charge in [-0.2, -0.15) is 5.01 Å². The molecule has 6 rings (SSSR count). The van der Waals surface area contributed by atoms with Crippen molar-refractivity contribution in [2.45, 2.75) is 31.5 Å². The second kappa shape index (κ2) is 7.07. The number of ether oxygens (including phenoxy) is 4. The molecule has 2 aromatic carbocycles. The van der Waals surface area contributed by atoms with Gasteiger partial charge in [-0.3, -0.25) is 0 Å². The third-order valence-corrected chi connectivity index (χ3v) is 6.89. The van der Waals surface area contributed by atoms with Crippen molar-refractivity contribution in [3.05, 3.63) is 53.6 Å². The molecule has 2 aromatic rings. The second-order valence-corrected chi connectivity index (χ2v) is 8.44. The molecule has 0 aromatic heterocycles. The van der Waals surface area contributed by atoms with Gasteiger partial charge in [0.05, 0.1) is 18.8 Å². The molecular weight excluding hydrogens is 394 g/mol. The topological polar surface area (TPSA) is 55.4 Å². The van der Waals surface area contributed by atoms with E-state index in [2.05, 4.69) is 40.5 Å². The average molecular weight is 421 g/mol. The van der Waals surface area contributed by atoms with Gasteiger partial charge in [0.25, 0.3) is 0 Å². The standard InChI is InChI=1S/C24H27N3O4/c1-3-26-11-9-24(10-12-26)27-19(17-5-4-6-21(28-2)23(17)31-24)14-18(25-27)16-7-8-20-22(13-16)30-15-29-20/h4-8,13-14,19,25H,3,9-12,15H2,1-2H3/t19-/m0/s1. The predicted molar refractivity (Wildman–Crippen MR) is 116 cm³/mol. The number of likely N-dealkylation sites (tertiary alicyclic amines) is 1. The highest BCUT2D eigenvalue weighted by Crippen LogP contribution is 2.51. The Morgan fingerprint density at radius 1 is 1.13 bits per heavy atom. The fraction of sp³-hybridized carbons (Fsp3) is 0.417. The van der Waals surface area contributed by atoms with E-state index in [9.17, 15) is 0 Å². The summed E-state index contributed by atoms with van der Waals surface area (Å²) in [6.45, 7) is 5.57. The van der Waals surface area contributed by atoms with Gasteiger partial charge in [0.2, 0.25) is 6.79 Å². The van der Waals surface area contributed by atoms with Crippen molar-refractivity contribution in [1.82, 2.24) is 15.3 Å². The van der Waals surface area contributed by atoms with Crippen molar-refractivity contribution < 1.29 is 18.9 Å². The number of hydrogen-bond acceptors (Lipinski definition) is 7. The molecule has 0 radical (unpaired) electrons. The van der Waals surface area contributed by atoms with Crippen molar-refractivity contribution in [1.29, 1.82) is 0 Å². The van der Waals surface area contributed by atoms with Crippen LogP contribution in [0.15, 0.2) is 42.5 Å². The number of rotatable bonds is 3. The van der Waals surface area contributed by atoms with Crippen LogP contribution in [0.4, 0.5) is 0 Å². The number of piperidine rings is 1. The molecule has 7 nitrogen and oxygen atoms in total. The lowest BCUT2D eigenvalue weighted by Crippen LogP contribution is -2.63. The average Bonchev–Trinajstić information content (AvgIpc) is 3.47. The summed E-state index contributed by atoms with van der Waals surface area (Å²) < 4.78 is 23.5. The molecular formula is C24H27N3O4. The summed E-state index contributed by atoms with van der Waals surface area (Å²) in [7, 11) is 1.71. The van der Waals surface area contributed by atoms with E-state index in [1.54, 1.807) is 7.11 Å². The summed E-state index contributed by atoms with van der Waals surface area (Å²) in [6.07, 6.45) is 4.13. The van der Waals surface area contributed by atoms with Gasteiger partial charge in [0.1, 0.15) is 0 Å². The highest BCUT2D eigenvalue weighted by atomic mass is 16.7. The van der Waals surface area contributed by atoms with Gasteiger partial charge in [-0.15, -0.1) is 0 Å². The van der Waals surface area contributed by atoms with Crippen LogP contribution < -0.4 is 24.4 Å². The van der Waals surface area contributed by atoms with Crippen molar-refractivity contribution >= 4 is 5.70 Å². The Kier molecular flexibility index (Phi) is 4.30. The predicted octanol–water partition coefficient (Wildman–Crippen LogP) is 3.53. The lowest BCUT2D eigenvalue weighted by atomic mass is 9.92. The highest BCUT2D eigenvalue weighted by molar-refractivity contribution is 5.70. The highest BCUT2D eigenvalue weighted by Gasteiger charge is 2.52. The van der Waals surface area contributed by atoms with Gasteiger partial charge >= 0.3 is 0 Å². The summed E-state index contributed by atoms with van der Waals surface area (Å²) in [4.78, 5) is 2.48. The smallest absolute Gasteiger partial charge is 0.231 e. The van der Waals surface area contributed by atoms with Crippen LogP contribution >= 0.6 is 0 Å². The first-order valence-electron chi connectivity index (χ1n) is 11.0. The molecule has 4 aliphatic rings. The molecule has 4 heterocycles. The van der Waals surface area contributed by atoms with Crippen molar-refractivity contribution in [3.8, 4) is 23.0 Å². The van der Waals surface area contributed by atoms with E-state index in [1.807, 2.05) is 24.3 Å². The van der Waals surface area contributed by atoms with Crippen LogP contribution in [0.2, 0.25) is 0 Å². The largest absolute Gasteiger partial charge is 0.493 e. The van der Waals surface area contributed by atoms with Crippen LogP contribution in [0.3, 0.4) is 0 Å².